The molecule has 2 rings (SSSR count). The third-order valence-corrected chi connectivity index (χ3v) is 5.36. The standard InChI is InChI=1S/C18H22N4O4S2/c1-22(12-18(24)21-15-8-3-4-9-16(15)27-2)11-17(23)20-13-6-5-7-14(10-13)28(19,25)26/h3-10H,11-12H2,1-2H3,(H,20,23)(H,21,24)(H2,19,25,26). The summed E-state index contributed by atoms with van der Waals surface area (Å²) in [5.41, 5.74) is 1.03. The summed E-state index contributed by atoms with van der Waals surface area (Å²) >= 11 is 1.53. The zero-order chi connectivity index (χ0) is 20.7. The second-order valence-electron chi connectivity index (χ2n) is 6.04. The van der Waals surface area contributed by atoms with E-state index >= 15 is 0 Å². The number of sulfonamides is 1. The fraction of sp³-hybridized carbons (Fsp3) is 0.222. The van der Waals surface area contributed by atoms with Gasteiger partial charge in [-0.05, 0) is 43.6 Å². The Balaban J connectivity index is 1.89. The van der Waals surface area contributed by atoms with Crippen LogP contribution < -0.4 is 15.8 Å². The van der Waals surface area contributed by atoms with Crippen molar-refractivity contribution in [2.45, 2.75) is 9.79 Å². The Morgan fingerprint density at radius 2 is 1.68 bits per heavy atom. The molecule has 150 valence electrons. The van der Waals surface area contributed by atoms with Gasteiger partial charge in [-0.3, -0.25) is 14.5 Å². The number of anilines is 2. The first-order valence-electron chi connectivity index (χ1n) is 8.23. The molecule has 28 heavy (non-hydrogen) atoms. The number of amides is 2. The van der Waals surface area contributed by atoms with E-state index in [1.54, 1.807) is 18.0 Å². The molecule has 2 aromatic carbocycles. The molecule has 2 amide bonds. The van der Waals surface area contributed by atoms with Crippen LogP contribution in [-0.4, -0.2) is 51.5 Å². The van der Waals surface area contributed by atoms with E-state index in [0.717, 1.165) is 10.6 Å². The van der Waals surface area contributed by atoms with Crippen LogP contribution in [0.2, 0.25) is 0 Å². The van der Waals surface area contributed by atoms with E-state index in [2.05, 4.69) is 10.6 Å². The molecule has 0 fully saturated rings. The molecular weight excluding hydrogens is 400 g/mol. The lowest BCUT2D eigenvalue weighted by atomic mass is 10.3. The predicted molar refractivity (Wildman–Crippen MR) is 111 cm³/mol. The van der Waals surface area contributed by atoms with Crippen molar-refractivity contribution in [1.82, 2.24) is 4.90 Å². The van der Waals surface area contributed by atoms with Crippen LogP contribution in [0.4, 0.5) is 11.4 Å². The molecule has 2 aromatic rings. The number of para-hydroxylation sites is 1. The average molecular weight is 423 g/mol. The second kappa shape index (κ2) is 9.69. The lowest BCUT2D eigenvalue weighted by molar-refractivity contribution is -0.119. The topological polar surface area (TPSA) is 122 Å². The number of primary sulfonamides is 1. The largest absolute Gasteiger partial charge is 0.325 e. The summed E-state index contributed by atoms with van der Waals surface area (Å²) in [5, 5.41) is 10.5. The Kier molecular flexibility index (Phi) is 7.58. The van der Waals surface area contributed by atoms with Crippen molar-refractivity contribution < 1.29 is 18.0 Å². The van der Waals surface area contributed by atoms with Crippen molar-refractivity contribution in [2.75, 3.05) is 37.0 Å². The number of hydrogen-bond donors (Lipinski definition) is 3. The Morgan fingerprint density at radius 1 is 1.04 bits per heavy atom. The van der Waals surface area contributed by atoms with Gasteiger partial charge in [0.25, 0.3) is 0 Å². The van der Waals surface area contributed by atoms with Crippen LogP contribution in [0.1, 0.15) is 0 Å². The summed E-state index contributed by atoms with van der Waals surface area (Å²) in [4.78, 5) is 26.8. The van der Waals surface area contributed by atoms with Gasteiger partial charge < -0.3 is 10.6 Å². The molecule has 0 saturated heterocycles. The van der Waals surface area contributed by atoms with Gasteiger partial charge in [-0.25, -0.2) is 13.6 Å². The smallest absolute Gasteiger partial charge is 0.238 e. The maximum Gasteiger partial charge on any atom is 0.238 e. The van der Waals surface area contributed by atoms with Gasteiger partial charge in [-0.2, -0.15) is 0 Å². The monoisotopic (exact) mass is 422 g/mol. The normalized spacial score (nSPS) is 11.3. The first-order chi connectivity index (χ1) is 13.2. The lowest BCUT2D eigenvalue weighted by Crippen LogP contribution is -2.36. The number of thioether (sulfide) groups is 1. The fourth-order valence-corrected chi connectivity index (χ4v) is 3.55. The molecule has 0 bridgehead atoms. The molecule has 10 heteroatoms. The Hall–Kier alpha value is -2.40. The van der Waals surface area contributed by atoms with E-state index in [1.807, 2.05) is 30.5 Å². The minimum Gasteiger partial charge on any atom is -0.325 e. The molecule has 0 saturated carbocycles. The van der Waals surface area contributed by atoms with Crippen LogP contribution in [0.25, 0.3) is 0 Å². The molecule has 0 atom stereocenters. The van der Waals surface area contributed by atoms with E-state index in [-0.39, 0.29) is 29.8 Å². The highest BCUT2D eigenvalue weighted by molar-refractivity contribution is 7.98. The maximum absolute atomic E-state index is 12.2. The molecule has 0 aromatic heterocycles. The van der Waals surface area contributed by atoms with Crippen molar-refractivity contribution in [3.8, 4) is 0 Å². The predicted octanol–water partition coefficient (Wildman–Crippen LogP) is 1.56. The molecule has 4 N–H and O–H groups in total. The lowest BCUT2D eigenvalue weighted by Gasteiger charge is -2.17. The fourth-order valence-electron chi connectivity index (χ4n) is 2.44. The van der Waals surface area contributed by atoms with Gasteiger partial charge in [0.1, 0.15) is 0 Å². The quantitative estimate of drug-likeness (QED) is 0.555. The van der Waals surface area contributed by atoms with Gasteiger partial charge in [0, 0.05) is 10.6 Å². The molecule has 0 aliphatic rings. The van der Waals surface area contributed by atoms with Gasteiger partial charge in [-0.15, -0.1) is 11.8 Å². The van der Waals surface area contributed by atoms with Crippen LogP contribution in [-0.2, 0) is 19.6 Å². The summed E-state index contributed by atoms with van der Waals surface area (Å²) in [6.45, 7) is -0.0233. The van der Waals surface area contributed by atoms with E-state index in [4.69, 9.17) is 5.14 Å². The summed E-state index contributed by atoms with van der Waals surface area (Å²) < 4.78 is 22.8. The number of nitrogens with zero attached hydrogens (tertiary/aromatic N) is 1. The van der Waals surface area contributed by atoms with E-state index < -0.39 is 10.0 Å². The Labute approximate surface area is 168 Å². The van der Waals surface area contributed by atoms with Crippen molar-refractivity contribution >= 4 is 45.0 Å². The average Bonchev–Trinajstić information content (AvgIpc) is 2.61. The highest BCUT2D eigenvalue weighted by atomic mass is 32.2. The number of rotatable bonds is 8. The Morgan fingerprint density at radius 3 is 2.32 bits per heavy atom. The summed E-state index contributed by atoms with van der Waals surface area (Å²) in [7, 11) is -2.21. The van der Waals surface area contributed by atoms with Gasteiger partial charge >= 0.3 is 0 Å². The molecule has 0 aliphatic heterocycles. The first kappa shape index (κ1) is 21.9. The van der Waals surface area contributed by atoms with E-state index in [9.17, 15) is 18.0 Å². The number of nitrogens with one attached hydrogen (secondary N) is 2. The maximum atomic E-state index is 12.2. The molecule has 0 unspecified atom stereocenters. The number of hydrogen-bond acceptors (Lipinski definition) is 6. The minimum absolute atomic E-state index is 0.0212. The summed E-state index contributed by atoms with van der Waals surface area (Å²) in [5.74, 6) is -0.626. The van der Waals surface area contributed by atoms with Crippen LogP contribution in [0, 0.1) is 0 Å². The van der Waals surface area contributed by atoms with Crippen LogP contribution in [0.15, 0.2) is 58.3 Å². The number of benzene rings is 2. The Bertz CT molecular complexity index is 964. The van der Waals surface area contributed by atoms with Crippen molar-refractivity contribution in [1.29, 1.82) is 0 Å². The highest BCUT2D eigenvalue weighted by Gasteiger charge is 2.13. The summed E-state index contributed by atoms with van der Waals surface area (Å²) in [6.07, 6.45) is 1.92. The van der Waals surface area contributed by atoms with Crippen molar-refractivity contribution in [2.24, 2.45) is 5.14 Å². The number of carbonyl (C=O) groups excluding carboxylic acids is 2. The molecule has 0 radical (unpaired) electrons. The zero-order valence-electron chi connectivity index (χ0n) is 15.5. The summed E-state index contributed by atoms with van der Waals surface area (Å²) in [6, 6.07) is 13.1. The number of carbonyl (C=O) groups is 2. The van der Waals surface area contributed by atoms with Gasteiger partial charge in [0.15, 0.2) is 0 Å². The zero-order valence-corrected chi connectivity index (χ0v) is 17.1. The van der Waals surface area contributed by atoms with Gasteiger partial charge in [0.05, 0.1) is 23.7 Å². The number of nitrogens with two attached hydrogens (primary N) is 1. The van der Waals surface area contributed by atoms with Crippen molar-refractivity contribution in [3.05, 3.63) is 48.5 Å². The molecule has 8 nitrogen and oxygen atoms in total. The molecule has 0 aliphatic carbocycles. The highest BCUT2D eigenvalue weighted by Crippen LogP contribution is 2.24. The molecule has 0 heterocycles. The number of likely N-dealkylation sites (N-methyl/N-ethyl adjacent to an activating group) is 1. The second-order valence-corrected chi connectivity index (χ2v) is 8.45. The van der Waals surface area contributed by atoms with Crippen LogP contribution in [0.3, 0.4) is 0 Å². The minimum atomic E-state index is -3.85. The van der Waals surface area contributed by atoms with Gasteiger partial charge in [0.2, 0.25) is 21.8 Å². The third-order valence-electron chi connectivity index (χ3n) is 3.65. The van der Waals surface area contributed by atoms with Crippen LogP contribution in [0.5, 0.6) is 0 Å². The SMILES string of the molecule is CSc1ccccc1NC(=O)CN(C)CC(=O)Nc1cccc(S(N)(=O)=O)c1. The molecule has 0 spiro atoms. The van der Waals surface area contributed by atoms with E-state index in [1.165, 1.54) is 30.0 Å². The van der Waals surface area contributed by atoms with Gasteiger partial charge in [-0.1, -0.05) is 18.2 Å². The third kappa shape index (κ3) is 6.64. The molecular formula is C18H22N4O4S2. The van der Waals surface area contributed by atoms with Crippen molar-refractivity contribution in [3.63, 3.8) is 0 Å². The first-order valence-corrected chi connectivity index (χ1v) is 11.0. The van der Waals surface area contributed by atoms with Crippen LogP contribution >= 0.6 is 11.8 Å². The van der Waals surface area contributed by atoms with E-state index in [0.29, 0.717) is 5.69 Å².